The van der Waals surface area contributed by atoms with E-state index in [1.54, 1.807) is 7.11 Å². The number of carbonyl (C=O) groups excluding carboxylic acids is 1. The minimum Gasteiger partial charge on any atom is -0.497 e. The fraction of sp³-hybridized carbons (Fsp3) is 0.381. The summed E-state index contributed by atoms with van der Waals surface area (Å²) in [5.41, 5.74) is 2.11. The Morgan fingerprint density at radius 3 is 2.29 bits per heavy atom. The first-order valence-corrected chi connectivity index (χ1v) is 8.38. The van der Waals surface area contributed by atoms with Crippen LogP contribution < -0.4 is 10.1 Å². The molecule has 3 nitrogen and oxygen atoms in total. The zero-order chi connectivity index (χ0) is 17.6. The van der Waals surface area contributed by atoms with Crippen molar-refractivity contribution in [1.29, 1.82) is 0 Å². The number of carbonyl (C=O) groups is 1. The molecule has 2 aromatic carbocycles. The molecule has 0 fully saturated rings. The first-order valence-electron chi connectivity index (χ1n) is 8.38. The maximum absolute atomic E-state index is 12.4. The molecule has 0 radical (unpaired) electrons. The number of benzene rings is 2. The summed E-state index contributed by atoms with van der Waals surface area (Å²) >= 11 is 0. The van der Waals surface area contributed by atoms with Crippen molar-refractivity contribution in [2.24, 2.45) is 0 Å². The van der Waals surface area contributed by atoms with Crippen molar-refractivity contribution in [1.82, 2.24) is 5.32 Å². The lowest BCUT2D eigenvalue weighted by Crippen LogP contribution is -2.45. The molecule has 0 aliphatic rings. The van der Waals surface area contributed by atoms with Crippen molar-refractivity contribution in [3.63, 3.8) is 0 Å². The molecule has 24 heavy (non-hydrogen) atoms. The highest BCUT2D eigenvalue weighted by molar-refractivity contribution is 5.77. The SMILES string of the molecule is COc1ccc(C(C)CC(=O)NC(C)(C)Cc2ccccc2)cc1. The molecule has 2 rings (SSSR count). The summed E-state index contributed by atoms with van der Waals surface area (Å²) in [6.45, 7) is 6.21. The molecule has 1 unspecified atom stereocenters. The number of amides is 1. The molecule has 0 aliphatic heterocycles. The van der Waals surface area contributed by atoms with Gasteiger partial charge >= 0.3 is 0 Å². The Morgan fingerprint density at radius 2 is 1.71 bits per heavy atom. The largest absolute Gasteiger partial charge is 0.497 e. The molecule has 0 bridgehead atoms. The van der Waals surface area contributed by atoms with Crippen LogP contribution >= 0.6 is 0 Å². The highest BCUT2D eigenvalue weighted by atomic mass is 16.5. The van der Waals surface area contributed by atoms with Gasteiger partial charge in [0.25, 0.3) is 0 Å². The molecule has 1 amide bonds. The third-order valence-electron chi connectivity index (χ3n) is 4.14. The maximum Gasteiger partial charge on any atom is 0.221 e. The van der Waals surface area contributed by atoms with Crippen molar-refractivity contribution in [2.75, 3.05) is 7.11 Å². The number of ether oxygens (including phenoxy) is 1. The number of hydrogen-bond donors (Lipinski definition) is 1. The van der Waals surface area contributed by atoms with Gasteiger partial charge in [-0.1, -0.05) is 49.4 Å². The molecule has 0 spiro atoms. The van der Waals surface area contributed by atoms with E-state index in [4.69, 9.17) is 4.74 Å². The summed E-state index contributed by atoms with van der Waals surface area (Å²) in [6, 6.07) is 18.1. The van der Waals surface area contributed by atoms with Gasteiger partial charge in [0.05, 0.1) is 7.11 Å². The monoisotopic (exact) mass is 325 g/mol. The van der Waals surface area contributed by atoms with E-state index in [0.29, 0.717) is 6.42 Å². The molecule has 1 atom stereocenters. The van der Waals surface area contributed by atoms with Crippen LogP contribution in [0.2, 0.25) is 0 Å². The first-order chi connectivity index (χ1) is 11.4. The minimum absolute atomic E-state index is 0.0826. The fourth-order valence-corrected chi connectivity index (χ4v) is 2.91. The lowest BCUT2D eigenvalue weighted by atomic mass is 9.93. The topological polar surface area (TPSA) is 38.3 Å². The zero-order valence-corrected chi connectivity index (χ0v) is 15.0. The Labute approximate surface area is 145 Å². The maximum atomic E-state index is 12.4. The van der Waals surface area contributed by atoms with Crippen LogP contribution in [-0.2, 0) is 11.2 Å². The standard InChI is InChI=1S/C21H27NO2/c1-16(18-10-12-19(24-4)13-11-18)14-20(23)22-21(2,3)15-17-8-6-5-7-9-17/h5-13,16H,14-15H2,1-4H3,(H,22,23). The van der Waals surface area contributed by atoms with E-state index < -0.39 is 0 Å². The van der Waals surface area contributed by atoms with Gasteiger partial charge in [-0.2, -0.15) is 0 Å². The van der Waals surface area contributed by atoms with Crippen molar-refractivity contribution >= 4 is 5.91 Å². The van der Waals surface area contributed by atoms with Gasteiger partial charge in [0, 0.05) is 12.0 Å². The smallest absolute Gasteiger partial charge is 0.221 e. The van der Waals surface area contributed by atoms with E-state index >= 15 is 0 Å². The van der Waals surface area contributed by atoms with Crippen LogP contribution in [0.1, 0.15) is 44.2 Å². The summed E-state index contributed by atoms with van der Waals surface area (Å²) in [6.07, 6.45) is 1.29. The Hall–Kier alpha value is -2.29. The highest BCUT2D eigenvalue weighted by Gasteiger charge is 2.22. The third-order valence-corrected chi connectivity index (χ3v) is 4.14. The Balaban J connectivity index is 1.91. The van der Waals surface area contributed by atoms with Crippen molar-refractivity contribution in [3.8, 4) is 5.75 Å². The number of hydrogen-bond acceptors (Lipinski definition) is 2. The quantitative estimate of drug-likeness (QED) is 0.823. The van der Waals surface area contributed by atoms with Crippen molar-refractivity contribution in [2.45, 2.75) is 45.1 Å². The molecule has 3 heteroatoms. The van der Waals surface area contributed by atoms with E-state index in [0.717, 1.165) is 17.7 Å². The normalized spacial score (nSPS) is 12.5. The molecule has 0 heterocycles. The summed E-state index contributed by atoms with van der Waals surface area (Å²) < 4.78 is 5.17. The summed E-state index contributed by atoms with van der Waals surface area (Å²) in [5, 5.41) is 3.16. The lowest BCUT2D eigenvalue weighted by molar-refractivity contribution is -0.123. The van der Waals surface area contributed by atoms with Gasteiger partial charge in [0.15, 0.2) is 0 Å². The van der Waals surface area contributed by atoms with Gasteiger partial charge in [0.2, 0.25) is 5.91 Å². The zero-order valence-electron chi connectivity index (χ0n) is 15.0. The van der Waals surface area contributed by atoms with Gasteiger partial charge in [0.1, 0.15) is 5.75 Å². The van der Waals surface area contributed by atoms with Gasteiger partial charge in [-0.05, 0) is 49.4 Å². The number of methoxy groups -OCH3 is 1. The minimum atomic E-state index is -0.266. The summed E-state index contributed by atoms with van der Waals surface area (Å²) in [4.78, 5) is 12.4. The number of nitrogens with one attached hydrogen (secondary N) is 1. The third kappa shape index (κ3) is 5.41. The van der Waals surface area contributed by atoms with Crippen LogP contribution in [0.5, 0.6) is 5.75 Å². The lowest BCUT2D eigenvalue weighted by Gasteiger charge is -2.27. The predicted molar refractivity (Wildman–Crippen MR) is 98.4 cm³/mol. The highest BCUT2D eigenvalue weighted by Crippen LogP contribution is 2.22. The van der Waals surface area contributed by atoms with Crippen LogP contribution in [0.15, 0.2) is 54.6 Å². The molecular weight excluding hydrogens is 298 g/mol. The van der Waals surface area contributed by atoms with Crippen molar-refractivity contribution < 1.29 is 9.53 Å². The molecule has 0 aromatic heterocycles. The van der Waals surface area contributed by atoms with E-state index in [2.05, 4.69) is 38.2 Å². The molecular formula is C21H27NO2. The average Bonchev–Trinajstić information content (AvgIpc) is 2.54. The Morgan fingerprint density at radius 1 is 1.08 bits per heavy atom. The average molecular weight is 325 g/mol. The van der Waals surface area contributed by atoms with Crippen molar-refractivity contribution in [3.05, 3.63) is 65.7 Å². The first kappa shape index (κ1) is 18.1. The molecule has 2 aromatic rings. The van der Waals surface area contributed by atoms with Gasteiger partial charge in [-0.25, -0.2) is 0 Å². The van der Waals surface area contributed by atoms with E-state index in [1.165, 1.54) is 5.56 Å². The molecule has 0 saturated heterocycles. The van der Waals surface area contributed by atoms with E-state index in [-0.39, 0.29) is 17.4 Å². The second kappa shape index (κ2) is 8.00. The second-order valence-corrected chi connectivity index (χ2v) is 6.97. The van der Waals surface area contributed by atoms with Gasteiger partial charge in [-0.15, -0.1) is 0 Å². The Bertz CT molecular complexity index is 647. The summed E-state index contributed by atoms with van der Waals surface area (Å²) in [5.74, 6) is 1.09. The van der Waals surface area contributed by atoms with Crippen LogP contribution in [0.25, 0.3) is 0 Å². The molecule has 0 saturated carbocycles. The van der Waals surface area contributed by atoms with Gasteiger partial charge in [-0.3, -0.25) is 4.79 Å². The summed E-state index contributed by atoms with van der Waals surface area (Å²) in [7, 11) is 1.65. The van der Waals surface area contributed by atoms with Crippen LogP contribution in [-0.4, -0.2) is 18.6 Å². The van der Waals surface area contributed by atoms with E-state index in [1.807, 2.05) is 42.5 Å². The van der Waals surface area contributed by atoms with Crippen LogP contribution in [0.3, 0.4) is 0 Å². The van der Waals surface area contributed by atoms with Crippen LogP contribution in [0.4, 0.5) is 0 Å². The van der Waals surface area contributed by atoms with Crippen LogP contribution in [0, 0.1) is 0 Å². The van der Waals surface area contributed by atoms with E-state index in [9.17, 15) is 4.79 Å². The number of rotatable bonds is 7. The fourth-order valence-electron chi connectivity index (χ4n) is 2.91. The predicted octanol–water partition coefficient (Wildman–Crippen LogP) is 4.33. The molecule has 128 valence electrons. The van der Waals surface area contributed by atoms with Gasteiger partial charge < -0.3 is 10.1 Å². The molecule has 1 N–H and O–H groups in total. The second-order valence-electron chi connectivity index (χ2n) is 6.97. The molecule has 0 aliphatic carbocycles. The Kier molecular flexibility index (Phi) is 6.02.